The Morgan fingerprint density at radius 3 is 2.50 bits per heavy atom. The summed E-state index contributed by atoms with van der Waals surface area (Å²) in [4.78, 5) is 22.9. The number of benzene rings is 2. The van der Waals surface area contributed by atoms with Crippen LogP contribution in [0.15, 0.2) is 54.6 Å². The molecule has 0 fully saturated rings. The highest BCUT2D eigenvalue weighted by atomic mass is 16.5. The minimum absolute atomic E-state index is 0.184. The first-order valence-corrected chi connectivity index (χ1v) is 6.79. The Morgan fingerprint density at radius 2 is 1.82 bits per heavy atom. The van der Waals surface area contributed by atoms with Gasteiger partial charge in [0, 0.05) is 6.08 Å². The van der Waals surface area contributed by atoms with E-state index in [1.54, 1.807) is 25.1 Å². The number of hydrogen-bond acceptors (Lipinski definition) is 3. The van der Waals surface area contributed by atoms with Crippen LogP contribution in [0, 0.1) is 6.92 Å². The molecule has 0 heterocycles. The SMILES string of the molecule is Cc1cccc(/C=C\C(=O)OCc2ccccc2)c1C(=O)O. The maximum absolute atomic E-state index is 11.7. The summed E-state index contributed by atoms with van der Waals surface area (Å²) in [6.45, 7) is 1.90. The van der Waals surface area contributed by atoms with Crippen molar-refractivity contribution in [3.63, 3.8) is 0 Å². The Morgan fingerprint density at radius 1 is 1.09 bits per heavy atom. The molecule has 0 atom stereocenters. The summed E-state index contributed by atoms with van der Waals surface area (Å²) >= 11 is 0. The fourth-order valence-electron chi connectivity index (χ4n) is 2.06. The van der Waals surface area contributed by atoms with Gasteiger partial charge in [-0.1, -0.05) is 48.5 Å². The van der Waals surface area contributed by atoms with Gasteiger partial charge in [-0.25, -0.2) is 9.59 Å². The number of hydrogen-bond donors (Lipinski definition) is 1. The summed E-state index contributed by atoms with van der Waals surface area (Å²) in [6, 6.07) is 14.5. The van der Waals surface area contributed by atoms with Gasteiger partial charge in [0.15, 0.2) is 0 Å². The molecule has 0 saturated heterocycles. The molecule has 112 valence electrons. The number of rotatable bonds is 5. The zero-order chi connectivity index (χ0) is 15.9. The Kier molecular flexibility index (Phi) is 5.09. The predicted octanol–water partition coefficient (Wildman–Crippen LogP) is 3.45. The second-order valence-corrected chi connectivity index (χ2v) is 4.77. The molecule has 0 unspecified atom stereocenters. The highest BCUT2D eigenvalue weighted by molar-refractivity contribution is 5.96. The van der Waals surface area contributed by atoms with E-state index in [-0.39, 0.29) is 12.2 Å². The van der Waals surface area contributed by atoms with Gasteiger partial charge in [0.2, 0.25) is 0 Å². The molecule has 0 aliphatic heterocycles. The molecular weight excluding hydrogens is 280 g/mol. The van der Waals surface area contributed by atoms with Crippen LogP contribution in [0.25, 0.3) is 6.08 Å². The van der Waals surface area contributed by atoms with Crippen LogP contribution in [0.3, 0.4) is 0 Å². The van der Waals surface area contributed by atoms with Gasteiger partial charge in [0.25, 0.3) is 0 Å². The van der Waals surface area contributed by atoms with Gasteiger partial charge in [-0.05, 0) is 29.7 Å². The van der Waals surface area contributed by atoms with Crippen LogP contribution in [-0.2, 0) is 16.1 Å². The minimum Gasteiger partial charge on any atom is -0.478 e. The monoisotopic (exact) mass is 296 g/mol. The van der Waals surface area contributed by atoms with Crippen LogP contribution in [0.5, 0.6) is 0 Å². The number of carboxylic acid groups (broad SMARTS) is 1. The van der Waals surface area contributed by atoms with Gasteiger partial charge in [-0.3, -0.25) is 0 Å². The van der Waals surface area contributed by atoms with Gasteiger partial charge in [-0.15, -0.1) is 0 Å². The van der Waals surface area contributed by atoms with Gasteiger partial charge < -0.3 is 9.84 Å². The second-order valence-electron chi connectivity index (χ2n) is 4.77. The molecule has 4 heteroatoms. The molecule has 1 N–H and O–H groups in total. The lowest BCUT2D eigenvalue weighted by Crippen LogP contribution is -2.04. The highest BCUT2D eigenvalue weighted by Crippen LogP contribution is 2.16. The van der Waals surface area contributed by atoms with Crippen molar-refractivity contribution >= 4 is 18.0 Å². The third kappa shape index (κ3) is 4.06. The van der Waals surface area contributed by atoms with Crippen molar-refractivity contribution in [2.45, 2.75) is 13.5 Å². The lowest BCUT2D eigenvalue weighted by molar-refractivity contribution is -0.138. The summed E-state index contributed by atoms with van der Waals surface area (Å²) < 4.78 is 5.11. The van der Waals surface area contributed by atoms with Crippen molar-refractivity contribution in [1.82, 2.24) is 0 Å². The maximum atomic E-state index is 11.7. The topological polar surface area (TPSA) is 63.6 Å². The summed E-state index contributed by atoms with van der Waals surface area (Å²) in [5.41, 5.74) is 2.21. The summed E-state index contributed by atoms with van der Waals surface area (Å²) in [7, 11) is 0. The van der Waals surface area contributed by atoms with Crippen molar-refractivity contribution in [3.05, 3.63) is 76.9 Å². The Labute approximate surface area is 128 Å². The lowest BCUT2D eigenvalue weighted by atomic mass is 10.0. The van der Waals surface area contributed by atoms with E-state index in [9.17, 15) is 14.7 Å². The molecule has 22 heavy (non-hydrogen) atoms. The van der Waals surface area contributed by atoms with Crippen molar-refractivity contribution in [2.24, 2.45) is 0 Å². The van der Waals surface area contributed by atoms with Gasteiger partial charge in [0.1, 0.15) is 6.61 Å². The molecule has 0 spiro atoms. The molecule has 0 aromatic heterocycles. The number of carboxylic acids is 1. The van der Waals surface area contributed by atoms with E-state index in [1.165, 1.54) is 12.2 Å². The number of aryl methyl sites for hydroxylation is 1. The molecule has 2 aromatic carbocycles. The molecule has 4 nitrogen and oxygen atoms in total. The van der Waals surface area contributed by atoms with Crippen LogP contribution in [0.2, 0.25) is 0 Å². The standard InChI is InChI=1S/C18H16O4/c1-13-6-5-9-15(17(13)18(20)21)10-11-16(19)22-12-14-7-3-2-4-8-14/h2-11H,12H2,1H3,(H,20,21)/b11-10-. The average Bonchev–Trinajstić information content (AvgIpc) is 2.51. The number of ether oxygens (including phenoxy) is 1. The second kappa shape index (κ2) is 7.22. The Bertz CT molecular complexity index is 702. The summed E-state index contributed by atoms with van der Waals surface area (Å²) in [5.74, 6) is -1.53. The smallest absolute Gasteiger partial charge is 0.336 e. The molecule has 0 saturated carbocycles. The molecular formula is C18H16O4. The molecule has 0 bridgehead atoms. The van der Waals surface area contributed by atoms with Crippen LogP contribution in [0.1, 0.15) is 27.0 Å². The summed E-state index contributed by atoms with van der Waals surface area (Å²) in [6.07, 6.45) is 2.70. The molecule has 0 aliphatic carbocycles. The third-order valence-corrected chi connectivity index (χ3v) is 3.14. The van der Waals surface area contributed by atoms with Gasteiger partial charge in [0.05, 0.1) is 5.56 Å². The average molecular weight is 296 g/mol. The zero-order valence-electron chi connectivity index (χ0n) is 12.2. The predicted molar refractivity (Wildman–Crippen MR) is 83.4 cm³/mol. The van der Waals surface area contributed by atoms with E-state index in [0.29, 0.717) is 11.1 Å². The van der Waals surface area contributed by atoms with Crippen molar-refractivity contribution in [1.29, 1.82) is 0 Å². The van der Waals surface area contributed by atoms with Crippen molar-refractivity contribution < 1.29 is 19.4 Å². The van der Waals surface area contributed by atoms with Crippen molar-refractivity contribution in [3.8, 4) is 0 Å². The number of carbonyl (C=O) groups is 2. The minimum atomic E-state index is -1.02. The van der Waals surface area contributed by atoms with Crippen LogP contribution >= 0.6 is 0 Å². The maximum Gasteiger partial charge on any atom is 0.336 e. The largest absolute Gasteiger partial charge is 0.478 e. The highest BCUT2D eigenvalue weighted by Gasteiger charge is 2.11. The number of esters is 1. The van der Waals surface area contributed by atoms with Crippen LogP contribution < -0.4 is 0 Å². The van der Waals surface area contributed by atoms with Crippen LogP contribution in [-0.4, -0.2) is 17.0 Å². The molecule has 0 aliphatic rings. The lowest BCUT2D eigenvalue weighted by Gasteiger charge is -2.05. The zero-order valence-corrected chi connectivity index (χ0v) is 12.2. The first kappa shape index (κ1) is 15.5. The fraction of sp³-hybridized carbons (Fsp3) is 0.111. The van der Waals surface area contributed by atoms with Crippen LogP contribution in [0.4, 0.5) is 0 Å². The quantitative estimate of drug-likeness (QED) is 0.678. The van der Waals surface area contributed by atoms with E-state index in [0.717, 1.165) is 5.56 Å². The van der Waals surface area contributed by atoms with E-state index < -0.39 is 11.9 Å². The van der Waals surface area contributed by atoms with E-state index in [4.69, 9.17) is 4.74 Å². The van der Waals surface area contributed by atoms with Gasteiger partial charge in [-0.2, -0.15) is 0 Å². The molecule has 0 radical (unpaired) electrons. The molecule has 2 aromatic rings. The Hall–Kier alpha value is -2.88. The van der Waals surface area contributed by atoms with E-state index in [2.05, 4.69) is 0 Å². The number of carbonyl (C=O) groups excluding carboxylic acids is 1. The summed E-state index contributed by atoms with van der Waals surface area (Å²) in [5, 5.41) is 9.21. The van der Waals surface area contributed by atoms with E-state index in [1.807, 2.05) is 30.3 Å². The van der Waals surface area contributed by atoms with Gasteiger partial charge >= 0.3 is 11.9 Å². The normalized spacial score (nSPS) is 10.6. The first-order valence-electron chi connectivity index (χ1n) is 6.79. The van der Waals surface area contributed by atoms with E-state index >= 15 is 0 Å². The third-order valence-electron chi connectivity index (χ3n) is 3.14. The molecule has 2 rings (SSSR count). The first-order chi connectivity index (χ1) is 10.6. The molecule has 0 amide bonds. The fourth-order valence-corrected chi connectivity index (χ4v) is 2.06. The Balaban J connectivity index is 2.04. The van der Waals surface area contributed by atoms with Crippen molar-refractivity contribution in [2.75, 3.05) is 0 Å². The number of aromatic carboxylic acids is 1.